The van der Waals surface area contributed by atoms with Crippen molar-refractivity contribution in [2.45, 2.75) is 6.54 Å². The van der Waals surface area contributed by atoms with Crippen molar-refractivity contribution in [3.63, 3.8) is 0 Å². The van der Waals surface area contributed by atoms with E-state index in [1.807, 2.05) is 30.5 Å². The average molecular weight is 303 g/mol. The molecule has 0 spiro atoms. The Morgan fingerprint density at radius 3 is 2.33 bits per heavy atom. The molecular weight excluding hydrogens is 284 g/mol. The summed E-state index contributed by atoms with van der Waals surface area (Å²) in [7, 11) is 0. The molecule has 1 aliphatic rings. The van der Waals surface area contributed by atoms with Crippen LogP contribution in [0.1, 0.15) is 5.69 Å². The summed E-state index contributed by atoms with van der Waals surface area (Å²) in [5.41, 5.74) is 8.78. The number of halogens is 1. The van der Waals surface area contributed by atoms with E-state index in [1.54, 1.807) is 0 Å². The van der Waals surface area contributed by atoms with Gasteiger partial charge in [-0.05, 0) is 24.3 Å². The lowest BCUT2D eigenvalue weighted by molar-refractivity contribution is 0.652. The first-order chi connectivity index (χ1) is 10.3. The second kappa shape index (κ2) is 6.33. The highest BCUT2D eigenvalue weighted by Crippen LogP contribution is 2.27. The minimum absolute atomic E-state index is 0.487. The largest absolute Gasteiger partial charge is 0.367 e. The zero-order chi connectivity index (χ0) is 14.7. The summed E-state index contributed by atoms with van der Waals surface area (Å²) in [6.45, 7) is 4.34. The fourth-order valence-electron chi connectivity index (χ4n) is 2.64. The predicted octanol–water partition coefficient (Wildman–Crippen LogP) is 2.52. The van der Waals surface area contributed by atoms with Crippen LogP contribution in [0.4, 0.5) is 11.4 Å². The Morgan fingerprint density at radius 1 is 1.00 bits per heavy atom. The van der Waals surface area contributed by atoms with Crippen molar-refractivity contribution in [3.8, 4) is 0 Å². The molecule has 0 unspecified atom stereocenters. The number of para-hydroxylation sites is 1. The van der Waals surface area contributed by atoms with E-state index in [0.29, 0.717) is 6.54 Å². The predicted molar refractivity (Wildman–Crippen MR) is 88.0 cm³/mol. The van der Waals surface area contributed by atoms with Crippen molar-refractivity contribution in [2.24, 2.45) is 5.73 Å². The number of rotatable bonds is 3. The van der Waals surface area contributed by atoms with Gasteiger partial charge in [0.1, 0.15) is 0 Å². The molecule has 1 aliphatic heterocycles. The third-order valence-corrected chi connectivity index (χ3v) is 4.18. The molecule has 1 aromatic carbocycles. The fourth-order valence-corrected chi connectivity index (χ4v) is 2.89. The van der Waals surface area contributed by atoms with Crippen molar-refractivity contribution in [2.75, 3.05) is 36.0 Å². The molecule has 0 atom stereocenters. The lowest BCUT2D eigenvalue weighted by Crippen LogP contribution is -2.46. The first-order valence-corrected chi connectivity index (χ1v) is 7.55. The SMILES string of the molecule is NCc1ccc(N2CCN(c3ccccc3Cl)CC2)cn1. The van der Waals surface area contributed by atoms with Gasteiger partial charge >= 0.3 is 0 Å². The molecule has 110 valence electrons. The van der Waals surface area contributed by atoms with Gasteiger partial charge in [0.2, 0.25) is 0 Å². The Morgan fingerprint density at radius 2 is 1.71 bits per heavy atom. The number of aromatic nitrogens is 1. The van der Waals surface area contributed by atoms with Gasteiger partial charge in [0, 0.05) is 32.7 Å². The van der Waals surface area contributed by atoms with Crippen LogP contribution in [0.15, 0.2) is 42.6 Å². The standard InChI is InChI=1S/C16H19ClN4/c17-15-3-1-2-4-16(15)21-9-7-20(8-10-21)14-6-5-13(11-18)19-12-14/h1-6,12H,7-11,18H2. The maximum Gasteiger partial charge on any atom is 0.0639 e. The number of anilines is 2. The number of nitrogens with two attached hydrogens (primary N) is 1. The molecule has 2 heterocycles. The van der Waals surface area contributed by atoms with Gasteiger partial charge in [0.05, 0.1) is 28.3 Å². The third kappa shape index (κ3) is 3.12. The van der Waals surface area contributed by atoms with Crippen molar-refractivity contribution in [3.05, 3.63) is 53.3 Å². The molecule has 5 heteroatoms. The van der Waals surface area contributed by atoms with Crippen LogP contribution < -0.4 is 15.5 Å². The molecule has 0 radical (unpaired) electrons. The molecular formula is C16H19ClN4. The maximum absolute atomic E-state index is 6.27. The molecule has 0 bridgehead atoms. The van der Waals surface area contributed by atoms with Gasteiger partial charge in [0.15, 0.2) is 0 Å². The second-order valence-corrected chi connectivity index (χ2v) is 5.54. The van der Waals surface area contributed by atoms with Crippen LogP contribution in [-0.2, 0) is 6.54 Å². The van der Waals surface area contributed by atoms with E-state index in [-0.39, 0.29) is 0 Å². The molecule has 0 aliphatic carbocycles. The summed E-state index contributed by atoms with van der Waals surface area (Å²) < 4.78 is 0. The quantitative estimate of drug-likeness (QED) is 0.946. The van der Waals surface area contributed by atoms with Crippen LogP contribution in [0.2, 0.25) is 5.02 Å². The second-order valence-electron chi connectivity index (χ2n) is 5.14. The maximum atomic E-state index is 6.27. The lowest BCUT2D eigenvalue weighted by Gasteiger charge is -2.37. The summed E-state index contributed by atoms with van der Waals surface area (Å²) in [4.78, 5) is 9.04. The minimum Gasteiger partial charge on any atom is -0.367 e. The molecule has 0 saturated carbocycles. The summed E-state index contributed by atoms with van der Waals surface area (Å²) in [6, 6.07) is 12.1. The summed E-state index contributed by atoms with van der Waals surface area (Å²) in [5, 5.41) is 0.819. The van der Waals surface area contributed by atoms with Crippen LogP contribution in [0.25, 0.3) is 0 Å². The molecule has 0 amide bonds. The number of hydrogen-bond donors (Lipinski definition) is 1. The molecule has 2 N–H and O–H groups in total. The highest BCUT2D eigenvalue weighted by Gasteiger charge is 2.19. The van der Waals surface area contributed by atoms with E-state index in [1.165, 1.54) is 0 Å². The van der Waals surface area contributed by atoms with Gasteiger partial charge in [-0.25, -0.2) is 0 Å². The Balaban J connectivity index is 1.66. The Hall–Kier alpha value is -1.78. The van der Waals surface area contributed by atoms with E-state index in [2.05, 4.69) is 26.9 Å². The first kappa shape index (κ1) is 14.2. The van der Waals surface area contributed by atoms with Crippen LogP contribution in [0.3, 0.4) is 0 Å². The zero-order valence-electron chi connectivity index (χ0n) is 11.9. The fraction of sp³-hybridized carbons (Fsp3) is 0.312. The average Bonchev–Trinajstić information content (AvgIpc) is 2.56. The summed E-state index contributed by atoms with van der Waals surface area (Å²) >= 11 is 6.27. The van der Waals surface area contributed by atoms with E-state index in [0.717, 1.165) is 48.3 Å². The molecule has 1 aromatic heterocycles. The Bertz CT molecular complexity index is 591. The van der Waals surface area contributed by atoms with Crippen molar-refractivity contribution >= 4 is 23.0 Å². The smallest absolute Gasteiger partial charge is 0.0639 e. The molecule has 1 fully saturated rings. The Labute approximate surface area is 130 Å². The van der Waals surface area contributed by atoms with Gasteiger partial charge in [-0.15, -0.1) is 0 Å². The van der Waals surface area contributed by atoms with Crippen LogP contribution in [-0.4, -0.2) is 31.2 Å². The monoisotopic (exact) mass is 302 g/mol. The van der Waals surface area contributed by atoms with E-state index in [9.17, 15) is 0 Å². The van der Waals surface area contributed by atoms with E-state index < -0.39 is 0 Å². The molecule has 1 saturated heterocycles. The Kier molecular flexibility index (Phi) is 4.27. The normalized spacial score (nSPS) is 15.3. The van der Waals surface area contributed by atoms with Crippen LogP contribution in [0, 0.1) is 0 Å². The first-order valence-electron chi connectivity index (χ1n) is 7.17. The summed E-state index contributed by atoms with van der Waals surface area (Å²) in [5.74, 6) is 0. The van der Waals surface area contributed by atoms with Crippen LogP contribution >= 0.6 is 11.6 Å². The highest BCUT2D eigenvalue weighted by molar-refractivity contribution is 6.33. The van der Waals surface area contributed by atoms with E-state index >= 15 is 0 Å². The number of benzene rings is 1. The number of pyridine rings is 1. The minimum atomic E-state index is 0.487. The molecule has 21 heavy (non-hydrogen) atoms. The highest BCUT2D eigenvalue weighted by atomic mass is 35.5. The van der Waals surface area contributed by atoms with Gasteiger partial charge in [-0.2, -0.15) is 0 Å². The summed E-state index contributed by atoms with van der Waals surface area (Å²) in [6.07, 6.45) is 1.91. The number of piperazine rings is 1. The third-order valence-electron chi connectivity index (χ3n) is 3.86. The molecule has 2 aromatic rings. The van der Waals surface area contributed by atoms with Crippen LogP contribution in [0.5, 0.6) is 0 Å². The van der Waals surface area contributed by atoms with Crippen molar-refractivity contribution < 1.29 is 0 Å². The zero-order valence-corrected chi connectivity index (χ0v) is 12.6. The van der Waals surface area contributed by atoms with Crippen molar-refractivity contribution in [1.82, 2.24) is 4.98 Å². The van der Waals surface area contributed by atoms with Gasteiger partial charge in [-0.3, -0.25) is 4.98 Å². The topological polar surface area (TPSA) is 45.4 Å². The van der Waals surface area contributed by atoms with E-state index in [4.69, 9.17) is 17.3 Å². The van der Waals surface area contributed by atoms with Gasteiger partial charge in [0.25, 0.3) is 0 Å². The van der Waals surface area contributed by atoms with Gasteiger partial charge < -0.3 is 15.5 Å². The number of hydrogen-bond acceptors (Lipinski definition) is 4. The van der Waals surface area contributed by atoms with Crippen molar-refractivity contribution in [1.29, 1.82) is 0 Å². The number of nitrogens with zero attached hydrogens (tertiary/aromatic N) is 3. The lowest BCUT2D eigenvalue weighted by atomic mass is 10.2. The van der Waals surface area contributed by atoms with Gasteiger partial charge in [-0.1, -0.05) is 23.7 Å². The molecule has 3 rings (SSSR count). The molecule has 4 nitrogen and oxygen atoms in total.